The molecule has 0 spiro atoms. The number of H-pyrrole nitrogens is 1. The Hall–Kier alpha value is -3.15. The third-order valence-corrected chi connectivity index (χ3v) is 3.90. The molecule has 24 heavy (non-hydrogen) atoms. The second-order valence-corrected chi connectivity index (χ2v) is 5.39. The fourth-order valence-electron chi connectivity index (χ4n) is 2.63. The summed E-state index contributed by atoms with van der Waals surface area (Å²) in [5.41, 5.74) is 1.47. The predicted molar refractivity (Wildman–Crippen MR) is 90.3 cm³/mol. The van der Waals surface area contributed by atoms with Gasteiger partial charge in [-0.05, 0) is 23.8 Å². The lowest BCUT2D eigenvalue weighted by Gasteiger charge is -2.10. The van der Waals surface area contributed by atoms with Crippen LogP contribution in [0.1, 0.15) is 11.1 Å². The van der Waals surface area contributed by atoms with E-state index in [9.17, 15) is 15.0 Å². The van der Waals surface area contributed by atoms with E-state index >= 15 is 0 Å². The van der Waals surface area contributed by atoms with Gasteiger partial charge in [-0.2, -0.15) is 0 Å². The van der Waals surface area contributed by atoms with Gasteiger partial charge in [0.15, 0.2) is 17.2 Å². The fraction of sp³-hybridized carbons (Fsp3) is 0.167. The first-order chi connectivity index (χ1) is 11.5. The molecule has 0 saturated carbocycles. The molecule has 0 aliphatic heterocycles. The van der Waals surface area contributed by atoms with Gasteiger partial charge in [0.2, 0.25) is 0 Å². The van der Waals surface area contributed by atoms with E-state index in [1.807, 2.05) is 0 Å². The molecule has 0 amide bonds. The molecule has 0 aliphatic rings. The lowest BCUT2D eigenvalue weighted by molar-refractivity contribution is 0.373. The van der Waals surface area contributed by atoms with Crippen molar-refractivity contribution in [1.82, 2.24) is 4.98 Å². The molecule has 3 aromatic rings. The molecular weight excluding hydrogens is 310 g/mol. The van der Waals surface area contributed by atoms with Gasteiger partial charge in [0.1, 0.15) is 5.75 Å². The number of pyridine rings is 1. The highest BCUT2D eigenvalue weighted by Gasteiger charge is 2.12. The van der Waals surface area contributed by atoms with E-state index < -0.39 is 5.56 Å². The van der Waals surface area contributed by atoms with Crippen molar-refractivity contribution in [3.8, 4) is 23.0 Å². The quantitative estimate of drug-likeness (QED) is 0.685. The van der Waals surface area contributed by atoms with Crippen LogP contribution in [-0.4, -0.2) is 29.4 Å². The minimum absolute atomic E-state index is 0.0132. The van der Waals surface area contributed by atoms with Gasteiger partial charge in [-0.25, -0.2) is 0 Å². The van der Waals surface area contributed by atoms with E-state index in [0.717, 1.165) is 5.56 Å². The summed E-state index contributed by atoms with van der Waals surface area (Å²) in [5, 5.41) is 20.8. The lowest BCUT2D eigenvalue weighted by Crippen LogP contribution is -2.09. The number of phenols is 2. The van der Waals surface area contributed by atoms with Crippen molar-refractivity contribution in [2.45, 2.75) is 6.42 Å². The van der Waals surface area contributed by atoms with Crippen LogP contribution < -0.4 is 15.0 Å². The van der Waals surface area contributed by atoms with E-state index in [2.05, 4.69) is 4.98 Å². The van der Waals surface area contributed by atoms with Gasteiger partial charge >= 0.3 is 0 Å². The number of fused-ring (bicyclic) bond motifs is 1. The average molecular weight is 327 g/mol. The van der Waals surface area contributed by atoms with Gasteiger partial charge < -0.3 is 24.7 Å². The van der Waals surface area contributed by atoms with E-state index in [-0.39, 0.29) is 17.2 Å². The molecule has 0 radical (unpaired) electrons. The highest BCUT2D eigenvalue weighted by atomic mass is 16.5. The summed E-state index contributed by atoms with van der Waals surface area (Å²) in [6.07, 6.45) is 0.423. The van der Waals surface area contributed by atoms with Crippen LogP contribution in [0.15, 0.2) is 41.2 Å². The van der Waals surface area contributed by atoms with Gasteiger partial charge in [-0.15, -0.1) is 0 Å². The largest absolute Gasteiger partial charge is 0.505 e. The van der Waals surface area contributed by atoms with Crippen LogP contribution in [0.25, 0.3) is 10.9 Å². The van der Waals surface area contributed by atoms with Crippen LogP contribution in [0.4, 0.5) is 0 Å². The molecule has 0 bridgehead atoms. The summed E-state index contributed by atoms with van der Waals surface area (Å²) in [6, 6.07) is 10.2. The zero-order valence-corrected chi connectivity index (χ0v) is 13.3. The maximum Gasteiger partial charge on any atom is 0.290 e. The zero-order valence-electron chi connectivity index (χ0n) is 13.3. The third-order valence-electron chi connectivity index (χ3n) is 3.90. The number of aromatic amines is 1. The summed E-state index contributed by atoms with van der Waals surface area (Å²) in [5.74, 6) is 0.628. The molecule has 6 nitrogen and oxygen atoms in total. The molecule has 1 heterocycles. The summed E-state index contributed by atoms with van der Waals surface area (Å²) in [6.45, 7) is 0. The second kappa shape index (κ2) is 6.16. The topological polar surface area (TPSA) is 91.8 Å². The van der Waals surface area contributed by atoms with Crippen molar-refractivity contribution in [2.24, 2.45) is 0 Å². The van der Waals surface area contributed by atoms with E-state index in [1.165, 1.54) is 14.2 Å². The fourth-order valence-corrected chi connectivity index (χ4v) is 2.63. The maximum absolute atomic E-state index is 11.9. The Bertz CT molecular complexity index is 962. The molecule has 0 atom stereocenters. The first-order valence-electron chi connectivity index (χ1n) is 7.31. The summed E-state index contributed by atoms with van der Waals surface area (Å²) < 4.78 is 10.1. The first kappa shape index (κ1) is 15.7. The number of ether oxygens (including phenoxy) is 2. The summed E-state index contributed by atoms with van der Waals surface area (Å²) in [7, 11) is 2.90. The molecular formula is C18H17NO5. The van der Waals surface area contributed by atoms with Crippen LogP contribution in [0.5, 0.6) is 23.0 Å². The van der Waals surface area contributed by atoms with Crippen molar-refractivity contribution >= 4 is 10.9 Å². The number of benzene rings is 2. The van der Waals surface area contributed by atoms with Crippen LogP contribution in [0.3, 0.4) is 0 Å². The van der Waals surface area contributed by atoms with Crippen molar-refractivity contribution in [2.75, 3.05) is 14.2 Å². The number of aromatic hydroxyl groups is 2. The van der Waals surface area contributed by atoms with Gasteiger partial charge in [-0.3, -0.25) is 4.79 Å². The van der Waals surface area contributed by atoms with Gasteiger partial charge in [0.05, 0.1) is 19.7 Å². The minimum Gasteiger partial charge on any atom is -0.505 e. The minimum atomic E-state index is -0.399. The monoisotopic (exact) mass is 327 g/mol. The SMILES string of the molecule is COc1cc(Cc2ccc3cc(OC)c(=O)[nH]c3c2O)ccc1O. The maximum atomic E-state index is 11.9. The zero-order chi connectivity index (χ0) is 17.3. The normalized spacial score (nSPS) is 10.8. The van der Waals surface area contributed by atoms with Crippen molar-refractivity contribution < 1.29 is 19.7 Å². The number of aromatic nitrogens is 1. The van der Waals surface area contributed by atoms with Crippen molar-refractivity contribution in [3.05, 3.63) is 57.9 Å². The number of methoxy groups -OCH3 is 2. The van der Waals surface area contributed by atoms with E-state index in [0.29, 0.717) is 28.6 Å². The van der Waals surface area contributed by atoms with Crippen molar-refractivity contribution in [3.63, 3.8) is 0 Å². The van der Waals surface area contributed by atoms with Crippen LogP contribution in [0.2, 0.25) is 0 Å². The van der Waals surface area contributed by atoms with Gasteiger partial charge in [0, 0.05) is 17.4 Å². The Kier molecular flexibility index (Phi) is 4.04. The smallest absolute Gasteiger partial charge is 0.290 e. The predicted octanol–water partition coefficient (Wildman–Crippen LogP) is 2.55. The van der Waals surface area contributed by atoms with Crippen LogP contribution >= 0.6 is 0 Å². The molecule has 124 valence electrons. The highest BCUT2D eigenvalue weighted by Crippen LogP contribution is 2.32. The molecule has 0 aliphatic carbocycles. The van der Waals surface area contributed by atoms with Gasteiger partial charge in [-0.1, -0.05) is 18.2 Å². The number of phenolic OH excluding ortho intramolecular Hbond substituents is 2. The summed E-state index contributed by atoms with van der Waals surface area (Å²) in [4.78, 5) is 14.5. The van der Waals surface area contributed by atoms with Gasteiger partial charge in [0.25, 0.3) is 5.56 Å². The summed E-state index contributed by atoms with van der Waals surface area (Å²) >= 11 is 0. The molecule has 3 N–H and O–H groups in total. The molecule has 1 aromatic heterocycles. The molecule has 2 aromatic carbocycles. The van der Waals surface area contributed by atoms with Crippen LogP contribution in [-0.2, 0) is 6.42 Å². The lowest BCUT2D eigenvalue weighted by atomic mass is 10.0. The standard InChI is InChI=1S/C18H17NO5/c1-23-14-8-10(3-6-13(14)20)7-12-5-4-11-9-15(24-2)18(22)19-16(11)17(12)21/h3-6,8-9,20-21H,7H2,1-2H3,(H,19,22). The highest BCUT2D eigenvalue weighted by molar-refractivity contribution is 5.86. The Balaban J connectivity index is 2.04. The van der Waals surface area contributed by atoms with E-state index in [4.69, 9.17) is 9.47 Å². The first-order valence-corrected chi connectivity index (χ1v) is 7.31. The molecule has 0 fully saturated rings. The Morgan fingerprint density at radius 2 is 1.75 bits per heavy atom. The third kappa shape index (κ3) is 2.74. The van der Waals surface area contributed by atoms with Crippen LogP contribution in [0, 0.1) is 0 Å². The number of nitrogens with one attached hydrogen (secondary N) is 1. The number of hydrogen-bond acceptors (Lipinski definition) is 5. The number of hydrogen-bond donors (Lipinski definition) is 3. The Morgan fingerprint density at radius 3 is 2.46 bits per heavy atom. The molecule has 0 saturated heterocycles. The molecule has 6 heteroatoms. The van der Waals surface area contributed by atoms with Crippen molar-refractivity contribution in [1.29, 1.82) is 0 Å². The number of rotatable bonds is 4. The average Bonchev–Trinajstić information content (AvgIpc) is 2.59. The molecule has 0 unspecified atom stereocenters. The van der Waals surface area contributed by atoms with E-state index in [1.54, 1.807) is 36.4 Å². The molecule has 3 rings (SSSR count). The Morgan fingerprint density at radius 1 is 1.00 bits per heavy atom. The Labute approximate surface area is 137 Å². The second-order valence-electron chi connectivity index (χ2n) is 5.39.